The van der Waals surface area contributed by atoms with Crippen molar-refractivity contribution < 1.29 is 19.5 Å². The highest BCUT2D eigenvalue weighted by molar-refractivity contribution is 5.84. The number of urea groups is 1. The van der Waals surface area contributed by atoms with Crippen LogP contribution in [0.2, 0.25) is 0 Å². The van der Waals surface area contributed by atoms with Crippen molar-refractivity contribution in [2.75, 3.05) is 20.1 Å². The summed E-state index contributed by atoms with van der Waals surface area (Å²) in [4.78, 5) is 36.0. The molecule has 1 saturated heterocycles. The van der Waals surface area contributed by atoms with Crippen LogP contribution in [0.15, 0.2) is 0 Å². The first-order chi connectivity index (χ1) is 9.49. The molecule has 110 valence electrons. The molecular weight excluding hydrogens is 262 g/mol. The molecule has 0 aliphatic carbocycles. The summed E-state index contributed by atoms with van der Waals surface area (Å²) in [5.41, 5.74) is 0. The van der Waals surface area contributed by atoms with E-state index in [-0.39, 0.29) is 24.8 Å². The lowest BCUT2D eigenvalue weighted by atomic mass is 9.97. The molecule has 1 aliphatic rings. The number of likely N-dealkylation sites (tertiary alicyclic amines) is 1. The van der Waals surface area contributed by atoms with Crippen molar-refractivity contribution in [3.8, 4) is 12.3 Å². The third-order valence-electron chi connectivity index (χ3n) is 3.24. The standard InChI is InChI=1S/C13H19N3O4/c1-3-5-10(12(18)19)15-13(20)16-7-4-6-9(8-16)11(17)14-2/h1,9-10H,4-8H2,2H3,(H,14,17)(H,15,20)(H,18,19). The highest BCUT2D eigenvalue weighted by Gasteiger charge is 2.29. The molecular formula is C13H19N3O4. The molecule has 7 heteroatoms. The average molecular weight is 281 g/mol. The number of aliphatic carboxylic acids is 1. The van der Waals surface area contributed by atoms with Gasteiger partial charge in [-0.3, -0.25) is 4.79 Å². The van der Waals surface area contributed by atoms with E-state index in [2.05, 4.69) is 16.6 Å². The fourth-order valence-corrected chi connectivity index (χ4v) is 2.14. The van der Waals surface area contributed by atoms with E-state index in [0.717, 1.165) is 6.42 Å². The summed E-state index contributed by atoms with van der Waals surface area (Å²) in [6.45, 7) is 0.787. The molecule has 1 rings (SSSR count). The summed E-state index contributed by atoms with van der Waals surface area (Å²) in [5.74, 6) is 0.681. The quantitative estimate of drug-likeness (QED) is 0.612. The number of carboxylic acid groups (broad SMARTS) is 1. The second kappa shape index (κ2) is 7.38. The van der Waals surface area contributed by atoms with Gasteiger partial charge in [-0.1, -0.05) is 0 Å². The minimum absolute atomic E-state index is 0.0756. The number of hydrogen-bond donors (Lipinski definition) is 3. The van der Waals surface area contributed by atoms with Crippen molar-refractivity contribution in [2.24, 2.45) is 5.92 Å². The zero-order chi connectivity index (χ0) is 15.1. The smallest absolute Gasteiger partial charge is 0.327 e. The Hall–Kier alpha value is -2.23. The van der Waals surface area contributed by atoms with Gasteiger partial charge >= 0.3 is 12.0 Å². The lowest BCUT2D eigenvalue weighted by molar-refractivity contribution is -0.139. The van der Waals surface area contributed by atoms with Crippen molar-refractivity contribution in [1.82, 2.24) is 15.5 Å². The number of terminal acetylenes is 1. The number of carbonyl (C=O) groups excluding carboxylic acids is 2. The molecule has 20 heavy (non-hydrogen) atoms. The highest BCUT2D eigenvalue weighted by Crippen LogP contribution is 2.16. The van der Waals surface area contributed by atoms with Crippen molar-refractivity contribution in [2.45, 2.75) is 25.3 Å². The van der Waals surface area contributed by atoms with E-state index in [4.69, 9.17) is 11.5 Å². The molecule has 1 fully saturated rings. The second-order valence-corrected chi connectivity index (χ2v) is 4.65. The van der Waals surface area contributed by atoms with E-state index < -0.39 is 18.0 Å². The van der Waals surface area contributed by atoms with E-state index in [1.807, 2.05) is 0 Å². The number of carboxylic acids is 1. The number of carbonyl (C=O) groups is 3. The zero-order valence-corrected chi connectivity index (χ0v) is 11.4. The number of amides is 3. The maximum atomic E-state index is 12.0. The molecule has 0 spiro atoms. The van der Waals surface area contributed by atoms with Crippen LogP contribution in [0.3, 0.4) is 0 Å². The number of piperidine rings is 1. The molecule has 0 radical (unpaired) electrons. The molecule has 1 aliphatic heterocycles. The van der Waals surface area contributed by atoms with Crippen molar-refractivity contribution in [3.05, 3.63) is 0 Å². The van der Waals surface area contributed by atoms with Crippen LogP contribution in [-0.4, -0.2) is 54.1 Å². The average Bonchev–Trinajstić information content (AvgIpc) is 2.45. The van der Waals surface area contributed by atoms with Crippen LogP contribution in [-0.2, 0) is 9.59 Å². The van der Waals surface area contributed by atoms with Crippen LogP contribution in [0, 0.1) is 18.3 Å². The van der Waals surface area contributed by atoms with Crippen LogP contribution < -0.4 is 10.6 Å². The molecule has 3 amide bonds. The largest absolute Gasteiger partial charge is 0.480 e. The molecule has 3 N–H and O–H groups in total. The minimum atomic E-state index is -1.17. The Labute approximate surface area is 117 Å². The Morgan fingerprint density at radius 3 is 2.75 bits per heavy atom. The molecule has 0 aromatic carbocycles. The summed E-state index contributed by atoms with van der Waals surface area (Å²) in [6.07, 6.45) is 6.42. The molecule has 7 nitrogen and oxygen atoms in total. The molecule has 1 heterocycles. The Bertz CT molecular complexity index is 430. The summed E-state index contributed by atoms with van der Waals surface area (Å²) < 4.78 is 0. The fourth-order valence-electron chi connectivity index (χ4n) is 2.14. The van der Waals surface area contributed by atoms with E-state index >= 15 is 0 Å². The number of nitrogens with one attached hydrogen (secondary N) is 2. The van der Waals surface area contributed by atoms with Crippen LogP contribution in [0.5, 0.6) is 0 Å². The van der Waals surface area contributed by atoms with Gasteiger partial charge in [0.05, 0.1) is 5.92 Å². The van der Waals surface area contributed by atoms with Gasteiger partial charge in [-0.05, 0) is 12.8 Å². The normalized spacial score (nSPS) is 19.6. The molecule has 2 unspecified atom stereocenters. The van der Waals surface area contributed by atoms with E-state index in [0.29, 0.717) is 13.0 Å². The molecule has 2 atom stereocenters. The number of hydrogen-bond acceptors (Lipinski definition) is 3. The van der Waals surface area contributed by atoms with Crippen LogP contribution in [0.25, 0.3) is 0 Å². The van der Waals surface area contributed by atoms with Gasteiger partial charge in [0, 0.05) is 26.6 Å². The van der Waals surface area contributed by atoms with Gasteiger partial charge < -0.3 is 20.6 Å². The van der Waals surface area contributed by atoms with E-state index in [1.165, 1.54) is 4.90 Å². The minimum Gasteiger partial charge on any atom is -0.480 e. The Morgan fingerprint density at radius 2 is 2.20 bits per heavy atom. The topological polar surface area (TPSA) is 98.7 Å². The lowest BCUT2D eigenvalue weighted by Gasteiger charge is -2.32. The summed E-state index contributed by atoms with van der Waals surface area (Å²) in [7, 11) is 1.55. The van der Waals surface area contributed by atoms with Gasteiger partial charge in [-0.25, -0.2) is 9.59 Å². The number of nitrogens with zero attached hydrogens (tertiary/aromatic N) is 1. The predicted molar refractivity (Wildman–Crippen MR) is 71.8 cm³/mol. The molecule has 0 saturated carbocycles. The van der Waals surface area contributed by atoms with Crippen LogP contribution in [0.1, 0.15) is 19.3 Å². The zero-order valence-electron chi connectivity index (χ0n) is 11.4. The van der Waals surface area contributed by atoms with E-state index in [1.54, 1.807) is 7.05 Å². The van der Waals surface area contributed by atoms with Crippen LogP contribution in [0.4, 0.5) is 4.79 Å². The van der Waals surface area contributed by atoms with Gasteiger partial charge in [0.25, 0.3) is 0 Å². The third-order valence-corrected chi connectivity index (χ3v) is 3.24. The first-order valence-corrected chi connectivity index (χ1v) is 6.43. The van der Waals surface area contributed by atoms with Gasteiger partial charge in [0.2, 0.25) is 5.91 Å². The van der Waals surface area contributed by atoms with Gasteiger partial charge in [0.1, 0.15) is 6.04 Å². The fraction of sp³-hybridized carbons (Fsp3) is 0.615. The first kappa shape index (κ1) is 15.8. The maximum Gasteiger partial charge on any atom is 0.327 e. The van der Waals surface area contributed by atoms with Gasteiger partial charge in [-0.2, -0.15) is 0 Å². The van der Waals surface area contributed by atoms with Crippen molar-refractivity contribution in [3.63, 3.8) is 0 Å². The van der Waals surface area contributed by atoms with E-state index in [9.17, 15) is 14.4 Å². The summed E-state index contributed by atoms with van der Waals surface area (Å²) in [5, 5.41) is 13.9. The van der Waals surface area contributed by atoms with Crippen molar-refractivity contribution >= 4 is 17.9 Å². The summed E-state index contributed by atoms with van der Waals surface area (Å²) in [6, 6.07) is -1.60. The van der Waals surface area contributed by atoms with Gasteiger partial charge in [-0.15, -0.1) is 12.3 Å². The Balaban J connectivity index is 2.60. The maximum absolute atomic E-state index is 12.0. The number of rotatable bonds is 4. The third kappa shape index (κ3) is 4.16. The molecule has 0 aromatic rings. The lowest BCUT2D eigenvalue weighted by Crippen LogP contribution is -2.52. The Morgan fingerprint density at radius 1 is 1.50 bits per heavy atom. The Kier molecular flexibility index (Phi) is 5.84. The van der Waals surface area contributed by atoms with Crippen LogP contribution >= 0.6 is 0 Å². The highest BCUT2D eigenvalue weighted by atomic mass is 16.4. The molecule has 0 bridgehead atoms. The SMILES string of the molecule is C#CCC(NC(=O)N1CCCC(C(=O)NC)C1)C(=O)O. The molecule has 0 aromatic heterocycles. The summed E-state index contributed by atoms with van der Waals surface area (Å²) >= 11 is 0. The van der Waals surface area contributed by atoms with Crippen molar-refractivity contribution in [1.29, 1.82) is 0 Å². The predicted octanol–water partition coefficient (Wildman–Crippen LogP) is -0.369. The second-order valence-electron chi connectivity index (χ2n) is 4.65. The monoisotopic (exact) mass is 281 g/mol. The van der Waals surface area contributed by atoms with Gasteiger partial charge in [0.15, 0.2) is 0 Å². The first-order valence-electron chi connectivity index (χ1n) is 6.43.